The van der Waals surface area contributed by atoms with Crippen LogP contribution in [0.3, 0.4) is 0 Å². The quantitative estimate of drug-likeness (QED) is 0.634. The zero-order valence-electron chi connectivity index (χ0n) is 17.4. The fourth-order valence-corrected chi connectivity index (χ4v) is 3.96. The molecule has 0 amide bonds. The lowest BCUT2D eigenvalue weighted by atomic mass is 10.1. The number of hydrogen-bond donors (Lipinski definition) is 2. The predicted molar refractivity (Wildman–Crippen MR) is 114 cm³/mol. The third-order valence-corrected chi connectivity index (χ3v) is 5.65. The molecule has 0 saturated carbocycles. The maximum atomic E-state index is 12.9. The first-order valence-corrected chi connectivity index (χ1v) is 10.1. The van der Waals surface area contributed by atoms with Crippen LogP contribution in [-0.2, 0) is 13.6 Å². The van der Waals surface area contributed by atoms with Crippen molar-refractivity contribution in [1.82, 2.24) is 9.13 Å². The highest BCUT2D eigenvalue weighted by Gasteiger charge is 2.27. The van der Waals surface area contributed by atoms with Gasteiger partial charge in [-0.1, -0.05) is 25.1 Å². The van der Waals surface area contributed by atoms with Crippen LogP contribution in [0.5, 0.6) is 0 Å². The second kappa shape index (κ2) is 8.65. The summed E-state index contributed by atoms with van der Waals surface area (Å²) in [6.45, 7) is 7.88. The molecule has 2 heterocycles. The summed E-state index contributed by atoms with van der Waals surface area (Å²) < 4.78 is 2.30. The molecule has 29 heavy (non-hydrogen) atoms. The number of aryl methyl sites for hydroxylation is 1. The van der Waals surface area contributed by atoms with Crippen molar-refractivity contribution in [2.45, 2.75) is 26.8 Å². The summed E-state index contributed by atoms with van der Waals surface area (Å²) in [6.07, 6.45) is 0.683. The van der Waals surface area contributed by atoms with Gasteiger partial charge >= 0.3 is 5.69 Å². The van der Waals surface area contributed by atoms with Crippen molar-refractivity contribution in [3.63, 3.8) is 0 Å². The van der Waals surface area contributed by atoms with E-state index in [-0.39, 0.29) is 23.7 Å². The van der Waals surface area contributed by atoms with E-state index in [1.54, 1.807) is 0 Å². The molecule has 3 N–H and O–H groups in total. The third kappa shape index (κ3) is 4.12. The van der Waals surface area contributed by atoms with Crippen LogP contribution >= 0.6 is 0 Å². The van der Waals surface area contributed by atoms with Gasteiger partial charge in [-0.15, -0.1) is 0 Å². The van der Waals surface area contributed by atoms with Crippen LogP contribution in [0.1, 0.15) is 29.3 Å². The van der Waals surface area contributed by atoms with Crippen molar-refractivity contribution in [1.29, 1.82) is 0 Å². The third-order valence-electron chi connectivity index (χ3n) is 5.65. The molecule has 2 aromatic rings. The summed E-state index contributed by atoms with van der Waals surface area (Å²) in [5.74, 6) is -0.310. The Morgan fingerprint density at radius 3 is 2.45 bits per heavy atom. The number of rotatable bonds is 6. The molecular weight excluding hydrogens is 370 g/mol. The van der Waals surface area contributed by atoms with Gasteiger partial charge in [-0.25, -0.2) is 4.79 Å². The van der Waals surface area contributed by atoms with E-state index in [9.17, 15) is 14.4 Å². The first-order chi connectivity index (χ1) is 13.8. The second-order valence-electron chi connectivity index (χ2n) is 7.68. The Bertz CT molecular complexity index is 1020. The topological polar surface area (TPSA) is 94.8 Å². The number of aromatic nitrogens is 2. The Kier molecular flexibility index (Phi) is 6.22. The van der Waals surface area contributed by atoms with Crippen LogP contribution in [0, 0.1) is 6.92 Å². The molecule has 1 aliphatic heterocycles. The second-order valence-corrected chi connectivity index (χ2v) is 7.68. The van der Waals surface area contributed by atoms with Crippen molar-refractivity contribution in [2.75, 3.05) is 43.4 Å². The molecule has 0 atom stereocenters. The number of nitrogens with two attached hydrogens (primary N) is 1. The molecule has 156 valence electrons. The van der Waals surface area contributed by atoms with Crippen LogP contribution in [0.25, 0.3) is 0 Å². The number of quaternary nitrogens is 1. The minimum atomic E-state index is -0.609. The Morgan fingerprint density at radius 1 is 1.17 bits per heavy atom. The summed E-state index contributed by atoms with van der Waals surface area (Å²) >= 11 is 0. The number of carbonyl (C=O) groups excluding carboxylic acids is 1. The Morgan fingerprint density at radius 2 is 1.83 bits per heavy atom. The molecule has 0 aliphatic carbocycles. The van der Waals surface area contributed by atoms with Crippen LogP contribution in [0.2, 0.25) is 0 Å². The van der Waals surface area contributed by atoms with Gasteiger partial charge < -0.3 is 15.5 Å². The van der Waals surface area contributed by atoms with E-state index in [4.69, 9.17) is 5.73 Å². The molecule has 1 saturated heterocycles. The van der Waals surface area contributed by atoms with Crippen LogP contribution in [0.15, 0.2) is 33.9 Å². The lowest BCUT2D eigenvalue weighted by molar-refractivity contribution is -0.892. The van der Waals surface area contributed by atoms with Gasteiger partial charge in [-0.2, -0.15) is 0 Å². The highest BCUT2D eigenvalue weighted by molar-refractivity contribution is 6.00. The smallest absolute Gasteiger partial charge is 0.332 e. The number of nitrogen functional groups attached to an aromatic ring is 1. The van der Waals surface area contributed by atoms with Crippen molar-refractivity contribution < 1.29 is 9.69 Å². The van der Waals surface area contributed by atoms with Crippen molar-refractivity contribution in [3.8, 4) is 0 Å². The lowest BCUT2D eigenvalue weighted by Gasteiger charge is -2.34. The Labute approximate surface area is 170 Å². The van der Waals surface area contributed by atoms with Crippen molar-refractivity contribution in [3.05, 3.63) is 56.2 Å². The minimum absolute atomic E-state index is 0.0112. The molecule has 1 fully saturated rings. The van der Waals surface area contributed by atoms with E-state index in [1.165, 1.54) is 22.9 Å². The van der Waals surface area contributed by atoms with E-state index >= 15 is 0 Å². The lowest BCUT2D eigenvalue weighted by Crippen LogP contribution is -3.15. The fourth-order valence-electron chi connectivity index (χ4n) is 3.96. The molecule has 8 nitrogen and oxygen atoms in total. The molecule has 3 rings (SSSR count). The number of nitrogens with one attached hydrogen (secondary N) is 1. The molecule has 0 radical (unpaired) electrons. The molecule has 1 aliphatic rings. The summed E-state index contributed by atoms with van der Waals surface area (Å²) in [5.41, 5.74) is 7.38. The van der Waals surface area contributed by atoms with Crippen LogP contribution in [0.4, 0.5) is 11.5 Å². The average molecular weight is 401 g/mol. The predicted octanol–water partition coefficient (Wildman–Crippen LogP) is -0.565. The molecule has 1 aromatic carbocycles. The van der Waals surface area contributed by atoms with Gasteiger partial charge in [0.1, 0.15) is 17.9 Å². The maximum absolute atomic E-state index is 12.9. The molecule has 8 heteroatoms. The van der Waals surface area contributed by atoms with Gasteiger partial charge in [0.2, 0.25) is 5.78 Å². The highest BCUT2D eigenvalue weighted by Crippen LogP contribution is 2.18. The number of hydrogen-bond acceptors (Lipinski definition) is 5. The van der Waals surface area contributed by atoms with Crippen LogP contribution < -0.4 is 26.8 Å². The summed E-state index contributed by atoms with van der Waals surface area (Å²) in [7, 11) is 1.39. The SMILES string of the molecule is CCCn1c(N)c(C(=O)C[NH+]2CCN(c3ccccc3C)CC2)c(=O)n(C)c1=O. The number of para-hydroxylation sites is 1. The van der Waals surface area contributed by atoms with E-state index in [0.29, 0.717) is 13.0 Å². The van der Waals surface area contributed by atoms with Gasteiger partial charge in [0.15, 0.2) is 0 Å². The normalized spacial score (nSPS) is 14.9. The number of ketones is 1. The summed E-state index contributed by atoms with van der Waals surface area (Å²) in [5, 5.41) is 0. The van der Waals surface area contributed by atoms with Crippen molar-refractivity contribution >= 4 is 17.3 Å². The fraction of sp³-hybridized carbons (Fsp3) is 0.476. The zero-order chi connectivity index (χ0) is 21.1. The van der Waals surface area contributed by atoms with E-state index in [2.05, 4.69) is 24.0 Å². The number of nitrogens with zero attached hydrogens (tertiary/aromatic N) is 3. The highest BCUT2D eigenvalue weighted by atomic mass is 16.2. The largest absolute Gasteiger partial charge is 0.384 e. The van der Waals surface area contributed by atoms with E-state index < -0.39 is 11.2 Å². The molecule has 0 unspecified atom stereocenters. The molecule has 0 spiro atoms. The average Bonchev–Trinajstić information content (AvgIpc) is 2.71. The monoisotopic (exact) mass is 400 g/mol. The van der Waals surface area contributed by atoms with E-state index in [0.717, 1.165) is 35.6 Å². The van der Waals surface area contributed by atoms with Gasteiger partial charge in [-0.05, 0) is 25.0 Å². The zero-order valence-corrected chi connectivity index (χ0v) is 17.4. The van der Waals surface area contributed by atoms with Gasteiger partial charge in [-0.3, -0.25) is 18.7 Å². The number of carbonyl (C=O) groups is 1. The van der Waals surface area contributed by atoms with Gasteiger partial charge in [0, 0.05) is 19.3 Å². The van der Waals surface area contributed by atoms with Gasteiger partial charge in [0.25, 0.3) is 5.56 Å². The molecule has 0 bridgehead atoms. The van der Waals surface area contributed by atoms with Crippen LogP contribution in [-0.4, -0.2) is 47.6 Å². The first kappa shape index (κ1) is 20.9. The number of Topliss-reactive ketones (excluding diaryl/α,β-unsaturated/α-hetero) is 1. The maximum Gasteiger partial charge on any atom is 0.332 e. The van der Waals surface area contributed by atoms with Gasteiger partial charge in [0.05, 0.1) is 26.2 Å². The summed E-state index contributed by atoms with van der Waals surface area (Å²) in [4.78, 5) is 41.2. The number of piperazine rings is 1. The Balaban J connectivity index is 1.74. The number of benzene rings is 1. The summed E-state index contributed by atoms with van der Waals surface area (Å²) in [6, 6.07) is 8.28. The molecular formula is C21H30N5O3+. The molecule has 1 aromatic heterocycles. The Hall–Kier alpha value is -2.87. The van der Waals surface area contributed by atoms with E-state index in [1.807, 2.05) is 19.1 Å². The number of anilines is 2. The first-order valence-electron chi connectivity index (χ1n) is 10.1. The standard InChI is InChI=1S/C21H29N5O3/c1-4-9-26-19(22)18(20(28)23(3)21(26)29)17(27)14-24-10-12-25(13-11-24)16-8-6-5-7-15(16)2/h5-8H,4,9-14,22H2,1-3H3/p+1. The minimum Gasteiger partial charge on any atom is -0.384 e. The van der Waals surface area contributed by atoms with Crippen molar-refractivity contribution in [2.24, 2.45) is 7.05 Å².